The van der Waals surface area contributed by atoms with Crippen LogP contribution in [0.1, 0.15) is 32.0 Å². The minimum atomic E-state index is -0.402. The van der Waals surface area contributed by atoms with E-state index in [1.165, 1.54) is 13.4 Å². The number of methoxy groups -OCH3 is 1. The molecule has 0 saturated carbocycles. The van der Waals surface area contributed by atoms with E-state index in [0.717, 1.165) is 10.9 Å². The topological polar surface area (TPSA) is 78.9 Å². The summed E-state index contributed by atoms with van der Waals surface area (Å²) in [5.41, 5.74) is 2.90. The summed E-state index contributed by atoms with van der Waals surface area (Å²) < 4.78 is 21.9. The van der Waals surface area contributed by atoms with Gasteiger partial charge in [-0.05, 0) is 48.0 Å². The maximum Gasteiger partial charge on any atom is 0.337 e. The van der Waals surface area contributed by atoms with Gasteiger partial charge in [0.05, 0.1) is 18.2 Å². The minimum Gasteiger partial charge on any atom is -0.489 e. The van der Waals surface area contributed by atoms with Gasteiger partial charge in [-0.3, -0.25) is 4.79 Å². The number of ether oxygens (including phenoxy) is 2. The largest absolute Gasteiger partial charge is 0.489 e. The Morgan fingerprint density at radius 3 is 2.62 bits per heavy atom. The second-order valence-corrected chi connectivity index (χ2v) is 7.27. The van der Waals surface area contributed by atoms with Crippen molar-refractivity contribution in [3.05, 3.63) is 102 Å². The molecule has 6 nitrogen and oxygen atoms in total. The van der Waals surface area contributed by atoms with Crippen LogP contribution in [0.25, 0.3) is 21.9 Å². The van der Waals surface area contributed by atoms with E-state index in [2.05, 4.69) is 0 Å². The molecule has 0 saturated heterocycles. The molecule has 158 valence electrons. The molecule has 0 aliphatic carbocycles. The first-order chi connectivity index (χ1) is 15.6. The average molecular weight is 426 g/mol. The monoisotopic (exact) mass is 426 g/mol. The molecule has 0 bridgehead atoms. The van der Waals surface area contributed by atoms with Crippen LogP contribution in [-0.4, -0.2) is 18.9 Å². The third-order valence-electron chi connectivity index (χ3n) is 5.19. The zero-order valence-corrected chi connectivity index (χ0v) is 17.2. The number of esters is 1. The Labute approximate surface area is 183 Å². The number of para-hydroxylation sites is 1. The molecule has 0 aliphatic rings. The molecule has 0 spiro atoms. The summed E-state index contributed by atoms with van der Waals surface area (Å²) in [6.45, 7) is 0.251. The predicted octanol–water partition coefficient (Wildman–Crippen LogP) is 5.78. The van der Waals surface area contributed by atoms with Gasteiger partial charge in [0.2, 0.25) is 5.78 Å². The van der Waals surface area contributed by atoms with E-state index in [4.69, 9.17) is 18.3 Å². The third kappa shape index (κ3) is 3.63. The van der Waals surface area contributed by atoms with Crippen LogP contribution in [0.15, 0.2) is 87.9 Å². The molecule has 32 heavy (non-hydrogen) atoms. The van der Waals surface area contributed by atoms with Crippen molar-refractivity contribution in [3.63, 3.8) is 0 Å². The zero-order chi connectivity index (χ0) is 22.1. The number of furan rings is 2. The molecule has 2 heterocycles. The Kier molecular flexibility index (Phi) is 4.95. The van der Waals surface area contributed by atoms with Gasteiger partial charge in [0.1, 0.15) is 29.8 Å². The van der Waals surface area contributed by atoms with Crippen molar-refractivity contribution in [1.29, 1.82) is 0 Å². The molecule has 0 amide bonds. The van der Waals surface area contributed by atoms with Crippen molar-refractivity contribution in [2.45, 2.75) is 6.61 Å². The Morgan fingerprint density at radius 2 is 1.78 bits per heavy atom. The molecule has 0 radical (unpaired) electrons. The van der Waals surface area contributed by atoms with Crippen molar-refractivity contribution in [3.8, 4) is 5.75 Å². The number of fused-ring (bicyclic) bond motifs is 2. The van der Waals surface area contributed by atoms with Gasteiger partial charge in [-0.25, -0.2) is 4.79 Å². The lowest BCUT2D eigenvalue weighted by Gasteiger charge is -2.08. The second kappa shape index (κ2) is 8.07. The van der Waals surface area contributed by atoms with Crippen LogP contribution in [0, 0.1) is 0 Å². The lowest BCUT2D eigenvalue weighted by molar-refractivity contribution is 0.0600. The summed E-state index contributed by atoms with van der Waals surface area (Å²) >= 11 is 0. The van der Waals surface area contributed by atoms with Crippen LogP contribution in [0.2, 0.25) is 0 Å². The highest BCUT2D eigenvalue weighted by atomic mass is 16.5. The molecule has 2 aromatic heterocycles. The first kappa shape index (κ1) is 19.6. The van der Waals surface area contributed by atoms with Crippen LogP contribution in [0.5, 0.6) is 5.75 Å². The van der Waals surface area contributed by atoms with Gasteiger partial charge in [-0.1, -0.05) is 30.3 Å². The zero-order valence-electron chi connectivity index (χ0n) is 17.2. The van der Waals surface area contributed by atoms with Gasteiger partial charge in [-0.2, -0.15) is 0 Å². The Morgan fingerprint density at radius 1 is 0.906 bits per heavy atom. The lowest BCUT2D eigenvalue weighted by Crippen LogP contribution is -2.03. The van der Waals surface area contributed by atoms with E-state index < -0.39 is 5.97 Å². The van der Waals surface area contributed by atoms with Gasteiger partial charge in [-0.15, -0.1) is 0 Å². The normalized spacial score (nSPS) is 11.0. The highest BCUT2D eigenvalue weighted by Crippen LogP contribution is 2.29. The molecule has 0 fully saturated rings. The fourth-order valence-corrected chi connectivity index (χ4v) is 3.57. The fraction of sp³-hybridized carbons (Fsp3) is 0.0769. The van der Waals surface area contributed by atoms with Gasteiger partial charge >= 0.3 is 5.97 Å². The SMILES string of the molecule is COC(=O)c1cccc(COc2ccc3occ(C(=O)c4cc5ccccc5o4)c3c2)c1. The first-order valence-electron chi connectivity index (χ1n) is 9.97. The Balaban J connectivity index is 1.40. The standard InChI is InChI=1S/C26H18O6/c1-29-26(28)18-7-4-5-16(11-18)14-30-19-9-10-23-20(13-19)21(15-31-23)25(27)24-12-17-6-2-3-8-22(17)32-24/h2-13,15H,14H2,1H3. The molecule has 0 N–H and O–H groups in total. The van der Waals surface area contributed by atoms with Crippen molar-refractivity contribution < 1.29 is 27.9 Å². The smallest absolute Gasteiger partial charge is 0.337 e. The number of carbonyl (C=O) groups is 2. The van der Waals surface area contributed by atoms with E-state index in [9.17, 15) is 9.59 Å². The molecular weight excluding hydrogens is 408 g/mol. The first-order valence-corrected chi connectivity index (χ1v) is 9.97. The number of benzene rings is 3. The maximum atomic E-state index is 13.1. The summed E-state index contributed by atoms with van der Waals surface area (Å²) in [4.78, 5) is 24.8. The van der Waals surface area contributed by atoms with Crippen molar-refractivity contribution in [2.75, 3.05) is 7.11 Å². The van der Waals surface area contributed by atoms with Crippen molar-refractivity contribution >= 4 is 33.7 Å². The molecular formula is C26H18O6. The van der Waals surface area contributed by atoms with Crippen LogP contribution in [0.3, 0.4) is 0 Å². The summed E-state index contributed by atoms with van der Waals surface area (Å²) in [7, 11) is 1.34. The second-order valence-electron chi connectivity index (χ2n) is 7.27. The lowest BCUT2D eigenvalue weighted by atomic mass is 10.1. The molecule has 0 atom stereocenters. The van der Waals surface area contributed by atoms with Crippen LogP contribution in [-0.2, 0) is 11.3 Å². The molecule has 5 aromatic rings. The number of hydrogen-bond donors (Lipinski definition) is 0. The van der Waals surface area contributed by atoms with E-state index in [1.807, 2.05) is 30.3 Å². The molecule has 5 rings (SSSR count). The van der Waals surface area contributed by atoms with E-state index in [0.29, 0.717) is 33.4 Å². The van der Waals surface area contributed by atoms with Gasteiger partial charge in [0.15, 0.2) is 5.76 Å². The van der Waals surface area contributed by atoms with Crippen molar-refractivity contribution in [2.24, 2.45) is 0 Å². The summed E-state index contributed by atoms with van der Waals surface area (Å²) in [5.74, 6) is 0.157. The number of carbonyl (C=O) groups excluding carboxylic acids is 2. The highest BCUT2D eigenvalue weighted by molar-refractivity contribution is 6.15. The molecule has 3 aromatic carbocycles. The summed E-state index contributed by atoms with van der Waals surface area (Å²) in [6, 6.07) is 21.5. The Hall–Kier alpha value is -4.32. The van der Waals surface area contributed by atoms with Crippen LogP contribution in [0.4, 0.5) is 0 Å². The number of rotatable bonds is 6. The van der Waals surface area contributed by atoms with Gasteiger partial charge in [0.25, 0.3) is 0 Å². The average Bonchev–Trinajstić information content (AvgIpc) is 3.46. The summed E-state index contributed by atoms with van der Waals surface area (Å²) in [6.07, 6.45) is 1.43. The van der Waals surface area contributed by atoms with Crippen LogP contribution < -0.4 is 4.74 Å². The molecule has 6 heteroatoms. The fourth-order valence-electron chi connectivity index (χ4n) is 3.57. The summed E-state index contributed by atoms with van der Waals surface area (Å²) in [5, 5.41) is 1.50. The maximum absolute atomic E-state index is 13.1. The number of hydrogen-bond acceptors (Lipinski definition) is 6. The van der Waals surface area contributed by atoms with E-state index in [-0.39, 0.29) is 18.2 Å². The van der Waals surface area contributed by atoms with E-state index >= 15 is 0 Å². The predicted molar refractivity (Wildman–Crippen MR) is 118 cm³/mol. The van der Waals surface area contributed by atoms with Gasteiger partial charge in [0, 0.05) is 10.8 Å². The quantitative estimate of drug-likeness (QED) is 0.253. The molecule has 0 aliphatic heterocycles. The molecule has 0 unspecified atom stereocenters. The van der Waals surface area contributed by atoms with Gasteiger partial charge < -0.3 is 18.3 Å². The van der Waals surface area contributed by atoms with Crippen molar-refractivity contribution in [1.82, 2.24) is 0 Å². The van der Waals surface area contributed by atoms with Crippen LogP contribution >= 0.6 is 0 Å². The highest BCUT2D eigenvalue weighted by Gasteiger charge is 2.20. The number of ketones is 1. The third-order valence-corrected chi connectivity index (χ3v) is 5.19. The Bertz CT molecular complexity index is 1420. The minimum absolute atomic E-state index is 0.250. The van der Waals surface area contributed by atoms with E-state index in [1.54, 1.807) is 42.5 Å².